The third-order valence-electron chi connectivity index (χ3n) is 9.87. The van der Waals surface area contributed by atoms with Crippen molar-refractivity contribution >= 4 is 5.97 Å². The van der Waals surface area contributed by atoms with Gasteiger partial charge in [-0.1, -0.05) is 169 Å². The first-order valence-corrected chi connectivity index (χ1v) is 21.6. The van der Waals surface area contributed by atoms with Crippen LogP contribution < -0.4 is 0 Å². The third-order valence-corrected chi connectivity index (χ3v) is 9.87. The minimum atomic E-state index is 0.0518. The third kappa shape index (κ3) is 33.2. The van der Waals surface area contributed by atoms with Crippen LogP contribution in [0.25, 0.3) is 0 Å². The van der Waals surface area contributed by atoms with Gasteiger partial charge in [0.05, 0.1) is 0 Å². The van der Waals surface area contributed by atoms with Crippen molar-refractivity contribution in [2.45, 2.75) is 226 Å². The van der Waals surface area contributed by atoms with Crippen LogP contribution in [0.3, 0.4) is 0 Å². The summed E-state index contributed by atoms with van der Waals surface area (Å²) in [5, 5.41) is 0. The zero-order valence-corrected chi connectivity index (χ0v) is 33.3. The quantitative estimate of drug-likeness (QED) is 0.0480. The van der Waals surface area contributed by atoms with Crippen LogP contribution in [0.15, 0.2) is 25.1 Å². The Morgan fingerprint density at radius 1 is 0.542 bits per heavy atom. The second-order valence-corrected chi connectivity index (χ2v) is 14.7. The molecule has 0 radical (unpaired) electrons. The molecule has 284 valence electrons. The highest BCUT2D eigenvalue weighted by Gasteiger charge is 2.14. The number of esters is 1. The van der Waals surface area contributed by atoms with Crippen LogP contribution in [0.2, 0.25) is 0 Å². The summed E-state index contributed by atoms with van der Waals surface area (Å²) in [6.07, 6.45) is 43.9. The van der Waals surface area contributed by atoms with E-state index in [1.54, 1.807) is 0 Å². The number of rotatable bonds is 39. The van der Waals surface area contributed by atoms with Crippen molar-refractivity contribution in [3.8, 4) is 0 Å². The minimum Gasteiger partial charge on any atom is -0.462 e. The number of allylic oxidation sites excluding steroid dienone is 1. The Hall–Kier alpha value is -1.29. The fraction of sp³-hybridized carbons (Fsp3) is 0.886. The molecule has 4 nitrogen and oxygen atoms in total. The molecule has 0 N–H and O–H groups in total. The Morgan fingerprint density at radius 3 is 1.46 bits per heavy atom. The predicted octanol–water partition coefficient (Wildman–Crippen LogP) is 13.9. The van der Waals surface area contributed by atoms with Crippen LogP contribution in [-0.4, -0.2) is 48.1 Å². The molecule has 0 aromatic rings. The standard InChI is InChI=1S/C44H86N2O2/c1-6-11-15-18-21-26-32-39-46(42-34-41-45(10-5)38-31-14-9-4)40-33-27-22-25-30-37-44(47)48-43(35-28-23-19-16-12-7-2)36-29-24-20-17-13-8-3/h10,31,38,43H,5-9,11-30,32-37,39-42H2,1-4H3/b38-31-. The molecular formula is C44H86N2O2. The number of hydrogen-bond acceptors (Lipinski definition) is 4. The Kier molecular flexibility index (Phi) is 37.5. The fourth-order valence-corrected chi connectivity index (χ4v) is 6.65. The lowest BCUT2D eigenvalue weighted by Crippen LogP contribution is -2.29. The van der Waals surface area contributed by atoms with Gasteiger partial charge in [0.15, 0.2) is 0 Å². The smallest absolute Gasteiger partial charge is 0.306 e. The minimum absolute atomic E-state index is 0.0518. The van der Waals surface area contributed by atoms with Crippen molar-refractivity contribution in [1.29, 1.82) is 0 Å². The molecule has 0 aliphatic heterocycles. The Bertz CT molecular complexity index is 677. The molecule has 48 heavy (non-hydrogen) atoms. The summed E-state index contributed by atoms with van der Waals surface area (Å²) in [6.45, 7) is 17.7. The van der Waals surface area contributed by atoms with Gasteiger partial charge in [-0.3, -0.25) is 4.79 Å². The average molecular weight is 675 g/mol. The first-order valence-electron chi connectivity index (χ1n) is 21.6. The van der Waals surface area contributed by atoms with E-state index in [1.165, 1.54) is 174 Å². The van der Waals surface area contributed by atoms with Crippen molar-refractivity contribution < 1.29 is 9.53 Å². The Labute approximate surface area is 302 Å². The molecule has 0 rings (SSSR count). The topological polar surface area (TPSA) is 32.8 Å². The second-order valence-electron chi connectivity index (χ2n) is 14.7. The summed E-state index contributed by atoms with van der Waals surface area (Å²) in [6, 6.07) is 0. The number of carbonyl (C=O) groups excluding carboxylic acids is 1. The van der Waals surface area contributed by atoms with E-state index < -0.39 is 0 Å². The summed E-state index contributed by atoms with van der Waals surface area (Å²) in [4.78, 5) is 17.7. The second kappa shape index (κ2) is 38.5. The molecule has 0 bridgehead atoms. The van der Waals surface area contributed by atoms with Crippen molar-refractivity contribution in [2.24, 2.45) is 0 Å². The van der Waals surface area contributed by atoms with Crippen molar-refractivity contribution in [2.75, 3.05) is 26.2 Å². The van der Waals surface area contributed by atoms with Gasteiger partial charge in [-0.2, -0.15) is 0 Å². The maximum Gasteiger partial charge on any atom is 0.306 e. The maximum absolute atomic E-state index is 12.8. The van der Waals surface area contributed by atoms with E-state index in [0.717, 1.165) is 38.6 Å². The molecule has 0 saturated carbocycles. The molecule has 0 aromatic heterocycles. The molecule has 4 heteroatoms. The summed E-state index contributed by atoms with van der Waals surface area (Å²) < 4.78 is 6.07. The van der Waals surface area contributed by atoms with Crippen LogP contribution in [-0.2, 0) is 9.53 Å². The number of ether oxygens (including phenoxy) is 1. The fourth-order valence-electron chi connectivity index (χ4n) is 6.65. The lowest BCUT2D eigenvalue weighted by Gasteiger charge is -2.24. The van der Waals surface area contributed by atoms with Gasteiger partial charge in [-0.15, -0.1) is 0 Å². The van der Waals surface area contributed by atoms with E-state index >= 15 is 0 Å². The maximum atomic E-state index is 12.8. The SMILES string of the molecule is C=CN(/C=C\CCC)CCCN(CCCCCCCCC)CCCCCCCC(=O)OC(CCCCCCCC)CCCCCCCC. The van der Waals surface area contributed by atoms with Gasteiger partial charge in [0.2, 0.25) is 0 Å². The molecule has 0 atom stereocenters. The zero-order chi connectivity index (χ0) is 35.2. The van der Waals surface area contributed by atoms with E-state index in [-0.39, 0.29) is 12.1 Å². The predicted molar refractivity (Wildman–Crippen MR) is 214 cm³/mol. The highest BCUT2D eigenvalue weighted by atomic mass is 16.5. The van der Waals surface area contributed by atoms with Crippen LogP contribution >= 0.6 is 0 Å². The number of hydrogen-bond donors (Lipinski definition) is 0. The van der Waals surface area contributed by atoms with Gasteiger partial charge in [0.25, 0.3) is 0 Å². The summed E-state index contributed by atoms with van der Waals surface area (Å²) in [5.41, 5.74) is 0. The number of unbranched alkanes of at least 4 members (excludes halogenated alkanes) is 21. The highest BCUT2D eigenvalue weighted by molar-refractivity contribution is 5.69. The van der Waals surface area contributed by atoms with Crippen molar-refractivity contribution in [1.82, 2.24) is 9.80 Å². The molecule has 0 saturated heterocycles. The van der Waals surface area contributed by atoms with E-state index in [0.29, 0.717) is 6.42 Å². The zero-order valence-electron chi connectivity index (χ0n) is 33.3. The molecule has 0 aliphatic rings. The van der Waals surface area contributed by atoms with E-state index in [9.17, 15) is 4.79 Å². The average Bonchev–Trinajstić information content (AvgIpc) is 3.09. The van der Waals surface area contributed by atoms with Gasteiger partial charge >= 0.3 is 5.97 Å². The first kappa shape index (κ1) is 46.7. The van der Waals surface area contributed by atoms with Crippen LogP contribution in [0.5, 0.6) is 0 Å². The van der Waals surface area contributed by atoms with Crippen molar-refractivity contribution in [3.05, 3.63) is 25.1 Å². The molecule has 0 heterocycles. The summed E-state index contributed by atoms with van der Waals surface area (Å²) in [7, 11) is 0. The monoisotopic (exact) mass is 675 g/mol. The molecule has 0 amide bonds. The van der Waals surface area contributed by atoms with E-state index in [1.807, 2.05) is 6.20 Å². The van der Waals surface area contributed by atoms with E-state index in [2.05, 4.69) is 56.3 Å². The number of nitrogens with zero attached hydrogens (tertiary/aromatic N) is 2. The summed E-state index contributed by atoms with van der Waals surface area (Å²) in [5.74, 6) is 0.0518. The van der Waals surface area contributed by atoms with Crippen molar-refractivity contribution in [3.63, 3.8) is 0 Å². The summed E-state index contributed by atoms with van der Waals surface area (Å²) >= 11 is 0. The lowest BCUT2D eigenvalue weighted by atomic mass is 10.0. The Balaban J connectivity index is 4.44. The van der Waals surface area contributed by atoms with Crippen LogP contribution in [0.1, 0.15) is 220 Å². The molecule has 0 aliphatic carbocycles. The van der Waals surface area contributed by atoms with Crippen LogP contribution in [0, 0.1) is 0 Å². The molecule has 0 unspecified atom stereocenters. The molecule has 0 fully saturated rings. The first-order chi connectivity index (χ1) is 23.6. The van der Waals surface area contributed by atoms with Gasteiger partial charge < -0.3 is 14.5 Å². The Morgan fingerprint density at radius 2 is 0.979 bits per heavy atom. The molecule has 0 aromatic carbocycles. The van der Waals surface area contributed by atoms with Crippen LogP contribution in [0.4, 0.5) is 0 Å². The lowest BCUT2D eigenvalue weighted by molar-refractivity contribution is -0.150. The highest BCUT2D eigenvalue weighted by Crippen LogP contribution is 2.18. The molecular weight excluding hydrogens is 588 g/mol. The van der Waals surface area contributed by atoms with Gasteiger partial charge in [-0.25, -0.2) is 0 Å². The van der Waals surface area contributed by atoms with Gasteiger partial charge in [0, 0.05) is 13.0 Å². The van der Waals surface area contributed by atoms with Gasteiger partial charge in [0.1, 0.15) is 6.10 Å². The van der Waals surface area contributed by atoms with E-state index in [4.69, 9.17) is 4.74 Å². The largest absolute Gasteiger partial charge is 0.462 e. The normalized spacial score (nSPS) is 11.7. The van der Waals surface area contributed by atoms with Gasteiger partial charge in [-0.05, 0) is 89.8 Å². The number of carbonyl (C=O) groups is 1. The molecule has 0 spiro atoms.